The minimum absolute atomic E-state index is 1.03. The molecule has 0 aromatic rings. The molecule has 0 spiro atoms. The standard InChI is InChI=1S/C10H19NS2/c1-3-11(4-2)10(12)13-8-7-9-5-6-9/h9H,3-8H2,1-2H3. The molecule has 76 valence electrons. The van der Waals surface area contributed by atoms with Crippen molar-refractivity contribution in [3.05, 3.63) is 0 Å². The zero-order valence-electron chi connectivity index (χ0n) is 8.58. The van der Waals surface area contributed by atoms with Crippen molar-refractivity contribution in [3.8, 4) is 0 Å². The van der Waals surface area contributed by atoms with Crippen LogP contribution in [0.2, 0.25) is 0 Å². The number of thiocarbonyl (C=S) groups is 1. The molecule has 0 N–H and O–H groups in total. The van der Waals surface area contributed by atoms with E-state index in [-0.39, 0.29) is 0 Å². The summed E-state index contributed by atoms with van der Waals surface area (Å²) in [5, 5.41) is 0. The summed E-state index contributed by atoms with van der Waals surface area (Å²) in [7, 11) is 0. The predicted octanol–water partition coefficient (Wildman–Crippen LogP) is 3.15. The van der Waals surface area contributed by atoms with Crippen LogP contribution in [0.25, 0.3) is 0 Å². The van der Waals surface area contributed by atoms with Gasteiger partial charge in [-0.15, -0.1) is 0 Å². The maximum Gasteiger partial charge on any atom is 0.136 e. The van der Waals surface area contributed by atoms with Crippen molar-refractivity contribution >= 4 is 28.3 Å². The van der Waals surface area contributed by atoms with Crippen LogP contribution >= 0.6 is 24.0 Å². The molecular formula is C10H19NS2. The molecule has 0 heterocycles. The lowest BCUT2D eigenvalue weighted by Gasteiger charge is -2.20. The molecule has 1 fully saturated rings. The van der Waals surface area contributed by atoms with Gasteiger partial charge in [0.05, 0.1) is 0 Å². The van der Waals surface area contributed by atoms with Gasteiger partial charge in [-0.1, -0.05) is 36.8 Å². The summed E-state index contributed by atoms with van der Waals surface area (Å²) >= 11 is 7.19. The highest BCUT2D eigenvalue weighted by atomic mass is 32.2. The van der Waals surface area contributed by atoms with Gasteiger partial charge in [-0.2, -0.15) is 0 Å². The monoisotopic (exact) mass is 217 g/mol. The summed E-state index contributed by atoms with van der Waals surface area (Å²) in [5.74, 6) is 2.26. The van der Waals surface area contributed by atoms with Gasteiger partial charge in [0, 0.05) is 18.8 Å². The second-order valence-electron chi connectivity index (χ2n) is 3.52. The summed E-state index contributed by atoms with van der Waals surface area (Å²) in [6.45, 7) is 6.42. The van der Waals surface area contributed by atoms with Gasteiger partial charge >= 0.3 is 0 Å². The topological polar surface area (TPSA) is 3.24 Å². The Morgan fingerprint density at radius 3 is 2.46 bits per heavy atom. The lowest BCUT2D eigenvalue weighted by atomic mass is 10.3. The molecule has 0 amide bonds. The van der Waals surface area contributed by atoms with Crippen LogP contribution in [0.4, 0.5) is 0 Å². The highest BCUT2D eigenvalue weighted by Gasteiger charge is 2.20. The minimum Gasteiger partial charge on any atom is -0.358 e. The summed E-state index contributed by atoms with van der Waals surface area (Å²) in [6, 6.07) is 0. The van der Waals surface area contributed by atoms with Crippen LogP contribution in [-0.2, 0) is 0 Å². The van der Waals surface area contributed by atoms with Crippen molar-refractivity contribution in [1.82, 2.24) is 4.90 Å². The average molecular weight is 217 g/mol. The quantitative estimate of drug-likeness (QED) is 0.651. The van der Waals surface area contributed by atoms with E-state index in [1.807, 2.05) is 11.8 Å². The molecule has 1 saturated carbocycles. The van der Waals surface area contributed by atoms with Gasteiger partial charge in [-0.05, 0) is 26.2 Å². The van der Waals surface area contributed by atoms with Crippen LogP contribution in [0, 0.1) is 5.92 Å². The van der Waals surface area contributed by atoms with E-state index >= 15 is 0 Å². The Kier molecular flexibility index (Phi) is 5.10. The lowest BCUT2D eigenvalue weighted by molar-refractivity contribution is 0.482. The molecule has 13 heavy (non-hydrogen) atoms. The van der Waals surface area contributed by atoms with Crippen LogP contribution in [0.15, 0.2) is 0 Å². The van der Waals surface area contributed by atoms with Crippen molar-refractivity contribution < 1.29 is 0 Å². The number of hydrogen-bond donors (Lipinski definition) is 0. The molecule has 0 aromatic heterocycles. The molecule has 0 radical (unpaired) electrons. The smallest absolute Gasteiger partial charge is 0.136 e. The number of nitrogens with zero attached hydrogens (tertiary/aromatic N) is 1. The molecule has 3 heteroatoms. The lowest BCUT2D eigenvalue weighted by Crippen LogP contribution is -2.26. The molecule has 0 bridgehead atoms. The van der Waals surface area contributed by atoms with Crippen molar-refractivity contribution in [2.24, 2.45) is 5.92 Å². The van der Waals surface area contributed by atoms with E-state index in [0.717, 1.165) is 23.3 Å². The van der Waals surface area contributed by atoms with Gasteiger partial charge in [0.1, 0.15) is 4.32 Å². The summed E-state index contributed by atoms with van der Waals surface area (Å²) in [4.78, 5) is 2.26. The predicted molar refractivity (Wildman–Crippen MR) is 65.3 cm³/mol. The summed E-state index contributed by atoms with van der Waals surface area (Å²) in [5.41, 5.74) is 0. The Morgan fingerprint density at radius 2 is 2.00 bits per heavy atom. The van der Waals surface area contributed by atoms with Gasteiger partial charge in [-0.25, -0.2) is 0 Å². The molecule has 1 aliphatic rings. The van der Waals surface area contributed by atoms with E-state index in [2.05, 4.69) is 18.7 Å². The first-order valence-corrected chi connectivity index (χ1v) is 6.59. The minimum atomic E-state index is 1.03. The summed E-state index contributed by atoms with van der Waals surface area (Å²) in [6.07, 6.45) is 4.28. The third kappa shape index (κ3) is 4.32. The Morgan fingerprint density at radius 1 is 1.38 bits per heavy atom. The zero-order chi connectivity index (χ0) is 9.68. The van der Waals surface area contributed by atoms with Gasteiger partial charge in [0.2, 0.25) is 0 Å². The Bertz CT molecular complexity index is 162. The molecule has 0 unspecified atom stereocenters. The van der Waals surface area contributed by atoms with E-state index in [1.165, 1.54) is 25.0 Å². The van der Waals surface area contributed by atoms with Crippen LogP contribution in [0.3, 0.4) is 0 Å². The SMILES string of the molecule is CCN(CC)C(=S)SCCC1CC1. The van der Waals surface area contributed by atoms with E-state index < -0.39 is 0 Å². The molecule has 0 aromatic carbocycles. The number of thioether (sulfide) groups is 1. The highest BCUT2D eigenvalue weighted by Crippen LogP contribution is 2.33. The molecule has 0 aliphatic heterocycles. The Hall–Kier alpha value is 0.240. The average Bonchev–Trinajstić information content (AvgIpc) is 2.90. The third-order valence-electron chi connectivity index (χ3n) is 2.47. The van der Waals surface area contributed by atoms with Crippen molar-refractivity contribution in [1.29, 1.82) is 0 Å². The van der Waals surface area contributed by atoms with Crippen LogP contribution in [0.1, 0.15) is 33.1 Å². The summed E-state index contributed by atoms with van der Waals surface area (Å²) < 4.78 is 1.09. The maximum absolute atomic E-state index is 5.34. The van der Waals surface area contributed by atoms with Crippen LogP contribution in [0.5, 0.6) is 0 Å². The number of hydrogen-bond acceptors (Lipinski definition) is 2. The van der Waals surface area contributed by atoms with Gasteiger partial charge in [0.25, 0.3) is 0 Å². The normalized spacial score (nSPS) is 15.8. The van der Waals surface area contributed by atoms with Crippen molar-refractivity contribution in [2.45, 2.75) is 33.1 Å². The molecule has 0 saturated heterocycles. The first kappa shape index (κ1) is 11.3. The van der Waals surface area contributed by atoms with E-state index in [0.29, 0.717) is 0 Å². The zero-order valence-corrected chi connectivity index (χ0v) is 10.2. The molecule has 1 nitrogen and oxygen atoms in total. The van der Waals surface area contributed by atoms with Gasteiger partial charge < -0.3 is 4.90 Å². The van der Waals surface area contributed by atoms with E-state index in [1.54, 1.807) is 0 Å². The first-order chi connectivity index (χ1) is 6.27. The second-order valence-corrected chi connectivity index (χ2v) is 5.25. The Labute approximate surface area is 91.3 Å². The maximum atomic E-state index is 5.34. The second kappa shape index (κ2) is 5.86. The molecule has 1 rings (SSSR count). The third-order valence-corrected chi connectivity index (χ3v) is 4.03. The fraction of sp³-hybridized carbons (Fsp3) is 0.900. The van der Waals surface area contributed by atoms with Crippen molar-refractivity contribution in [2.75, 3.05) is 18.8 Å². The molecule has 0 atom stereocenters. The highest BCUT2D eigenvalue weighted by molar-refractivity contribution is 8.22. The largest absolute Gasteiger partial charge is 0.358 e. The van der Waals surface area contributed by atoms with Crippen LogP contribution in [-0.4, -0.2) is 28.1 Å². The van der Waals surface area contributed by atoms with Gasteiger partial charge in [0.15, 0.2) is 0 Å². The van der Waals surface area contributed by atoms with Gasteiger partial charge in [-0.3, -0.25) is 0 Å². The number of rotatable bonds is 5. The van der Waals surface area contributed by atoms with Crippen molar-refractivity contribution in [3.63, 3.8) is 0 Å². The van der Waals surface area contributed by atoms with E-state index in [9.17, 15) is 0 Å². The van der Waals surface area contributed by atoms with E-state index in [4.69, 9.17) is 12.2 Å². The Balaban J connectivity index is 2.07. The molecule has 1 aliphatic carbocycles. The fourth-order valence-electron chi connectivity index (χ4n) is 1.29. The fourth-order valence-corrected chi connectivity index (χ4v) is 2.87. The molecular weight excluding hydrogens is 198 g/mol. The first-order valence-electron chi connectivity index (χ1n) is 5.19. The van der Waals surface area contributed by atoms with Crippen LogP contribution < -0.4 is 0 Å².